The number of rotatable bonds is 1. The molecule has 4 atom stereocenters. The number of hydrogen-bond acceptors (Lipinski definition) is 3. The van der Waals surface area contributed by atoms with Crippen molar-refractivity contribution < 1.29 is 8.76 Å². The van der Waals surface area contributed by atoms with Crippen LogP contribution in [0.4, 0.5) is 0 Å². The van der Waals surface area contributed by atoms with E-state index in [-0.39, 0.29) is 17.2 Å². The summed E-state index contributed by atoms with van der Waals surface area (Å²) < 4.78 is 21.3. The highest BCUT2D eigenvalue weighted by molar-refractivity contribution is 7.79. The Morgan fingerprint density at radius 1 is 1.55 bits per heavy atom. The van der Waals surface area contributed by atoms with Crippen LogP contribution in [0.2, 0.25) is 0 Å². The summed E-state index contributed by atoms with van der Waals surface area (Å²) in [6.45, 7) is 1.98. The normalized spacial score (nSPS) is 41.9. The molecule has 0 aliphatic heterocycles. The lowest BCUT2D eigenvalue weighted by Crippen LogP contribution is -2.37. The molecule has 1 aliphatic carbocycles. The van der Waals surface area contributed by atoms with Crippen molar-refractivity contribution in [2.75, 3.05) is 0 Å². The van der Waals surface area contributed by atoms with Crippen LogP contribution in [0.1, 0.15) is 26.2 Å². The first-order chi connectivity index (χ1) is 5.11. The minimum absolute atomic E-state index is 0.0918. The zero-order chi connectivity index (χ0) is 8.43. The summed E-state index contributed by atoms with van der Waals surface area (Å²) >= 11 is -1.93. The fourth-order valence-corrected chi connectivity index (χ4v) is 2.50. The van der Waals surface area contributed by atoms with Gasteiger partial charge in [-0.1, -0.05) is 18.0 Å². The van der Waals surface area contributed by atoms with Crippen molar-refractivity contribution in [3.8, 4) is 0 Å². The molecule has 0 bridgehead atoms. The predicted molar refractivity (Wildman–Crippen MR) is 43.7 cm³/mol. The van der Waals surface area contributed by atoms with E-state index in [4.69, 9.17) is 5.73 Å². The van der Waals surface area contributed by atoms with Crippen LogP contribution in [0, 0.1) is 5.92 Å². The monoisotopic (exact) mass is 176 g/mol. The summed E-state index contributed by atoms with van der Waals surface area (Å²) in [4.78, 5) is 0. The fourth-order valence-electron chi connectivity index (χ4n) is 1.58. The van der Waals surface area contributed by atoms with Gasteiger partial charge in [-0.2, -0.15) is 0 Å². The maximum Gasteiger partial charge on any atom is 0.0256 e. The number of nitrogens with two attached hydrogens (primary N) is 1. The molecule has 11 heavy (non-hydrogen) atoms. The van der Waals surface area contributed by atoms with E-state index in [0.29, 0.717) is 6.42 Å². The molecule has 1 aliphatic rings. The Morgan fingerprint density at radius 3 is 2.64 bits per heavy atom. The van der Waals surface area contributed by atoms with Crippen LogP contribution in [0.5, 0.6) is 0 Å². The highest BCUT2D eigenvalue weighted by Crippen LogP contribution is 2.26. The molecular weight excluding hydrogens is 162 g/mol. The summed E-state index contributed by atoms with van der Waals surface area (Å²) in [6.07, 6.45) is 2.55. The lowest BCUT2D eigenvalue weighted by molar-refractivity contribution is 0.340. The Kier molecular flexibility index (Phi) is 3.04. The molecule has 0 saturated heterocycles. The first-order valence-electron chi connectivity index (χ1n) is 3.95. The average Bonchev–Trinajstić information content (AvgIpc) is 1.94. The van der Waals surface area contributed by atoms with Crippen LogP contribution in [0.15, 0.2) is 0 Å². The van der Waals surface area contributed by atoms with E-state index in [1.165, 1.54) is 0 Å². The van der Waals surface area contributed by atoms with E-state index in [1.54, 1.807) is 0 Å². The minimum atomic E-state index is -1.93. The second-order valence-electron chi connectivity index (χ2n) is 3.35. The molecule has 0 aromatic heterocycles. The van der Waals surface area contributed by atoms with Gasteiger partial charge in [-0.05, 0) is 25.2 Å². The summed E-state index contributed by atoms with van der Waals surface area (Å²) in [6, 6.07) is 0.0918. The van der Waals surface area contributed by atoms with E-state index < -0.39 is 11.1 Å². The van der Waals surface area contributed by atoms with E-state index in [2.05, 4.69) is 0 Å². The van der Waals surface area contributed by atoms with Gasteiger partial charge in [0.2, 0.25) is 0 Å². The van der Waals surface area contributed by atoms with Crippen LogP contribution in [-0.2, 0) is 11.1 Å². The predicted octanol–water partition coefficient (Wildman–Crippen LogP) is 0.381. The smallest absolute Gasteiger partial charge is 0.0256 e. The van der Waals surface area contributed by atoms with Gasteiger partial charge in [-0.3, -0.25) is 4.21 Å². The van der Waals surface area contributed by atoms with Crippen LogP contribution in [0.25, 0.3) is 0 Å². The Labute approximate surface area is 69.6 Å². The first-order valence-corrected chi connectivity index (χ1v) is 5.08. The SMILES string of the molecule is CC1CCC(N)CC1S(=O)[O-]. The summed E-state index contributed by atoms with van der Waals surface area (Å²) in [5, 5.41) is -0.209. The third-order valence-corrected chi connectivity index (χ3v) is 3.56. The van der Waals surface area contributed by atoms with Crippen molar-refractivity contribution in [3.63, 3.8) is 0 Å². The standard InChI is InChI=1S/C7H15NO2S/c1-5-2-3-6(8)4-7(5)11(9)10/h5-7H,2-4,8H2,1H3,(H,9,10)/p-1. The van der Waals surface area contributed by atoms with Crippen molar-refractivity contribution in [1.82, 2.24) is 0 Å². The topological polar surface area (TPSA) is 66.2 Å². The van der Waals surface area contributed by atoms with E-state index in [9.17, 15) is 8.76 Å². The van der Waals surface area contributed by atoms with Gasteiger partial charge in [-0.15, -0.1) is 0 Å². The molecule has 0 aromatic rings. The summed E-state index contributed by atoms with van der Waals surface area (Å²) in [5.41, 5.74) is 5.65. The van der Waals surface area contributed by atoms with Gasteiger partial charge in [0.1, 0.15) is 0 Å². The third kappa shape index (κ3) is 2.25. The summed E-state index contributed by atoms with van der Waals surface area (Å²) in [5.74, 6) is 0.285. The zero-order valence-corrected chi connectivity index (χ0v) is 7.47. The Bertz CT molecular complexity index is 163. The van der Waals surface area contributed by atoms with Gasteiger partial charge in [0.25, 0.3) is 0 Å². The molecule has 0 amide bonds. The largest absolute Gasteiger partial charge is 0.772 e. The minimum Gasteiger partial charge on any atom is -0.772 e. The molecule has 0 radical (unpaired) electrons. The average molecular weight is 176 g/mol. The van der Waals surface area contributed by atoms with Crippen LogP contribution in [-0.4, -0.2) is 20.1 Å². The molecule has 3 nitrogen and oxygen atoms in total. The molecule has 66 valence electrons. The third-order valence-electron chi connectivity index (χ3n) is 2.41. The van der Waals surface area contributed by atoms with Gasteiger partial charge in [0.05, 0.1) is 0 Å². The lowest BCUT2D eigenvalue weighted by Gasteiger charge is -2.33. The Morgan fingerprint density at radius 2 is 2.18 bits per heavy atom. The molecule has 1 fully saturated rings. The van der Waals surface area contributed by atoms with E-state index in [0.717, 1.165) is 12.8 Å². The quantitative estimate of drug-likeness (QED) is 0.587. The van der Waals surface area contributed by atoms with E-state index in [1.807, 2.05) is 6.92 Å². The zero-order valence-electron chi connectivity index (χ0n) is 6.66. The molecule has 2 N–H and O–H groups in total. The summed E-state index contributed by atoms with van der Waals surface area (Å²) in [7, 11) is 0. The van der Waals surface area contributed by atoms with Gasteiger partial charge in [0, 0.05) is 11.3 Å². The van der Waals surface area contributed by atoms with Gasteiger partial charge < -0.3 is 10.3 Å². The van der Waals surface area contributed by atoms with Crippen LogP contribution in [0.3, 0.4) is 0 Å². The fraction of sp³-hybridized carbons (Fsp3) is 1.00. The second-order valence-corrected chi connectivity index (χ2v) is 4.48. The first kappa shape index (κ1) is 9.16. The second kappa shape index (κ2) is 3.65. The van der Waals surface area contributed by atoms with Gasteiger partial charge >= 0.3 is 0 Å². The van der Waals surface area contributed by atoms with Crippen molar-refractivity contribution in [3.05, 3.63) is 0 Å². The van der Waals surface area contributed by atoms with Crippen molar-refractivity contribution in [2.24, 2.45) is 11.7 Å². The number of hydrogen-bond donors (Lipinski definition) is 1. The molecule has 1 saturated carbocycles. The van der Waals surface area contributed by atoms with Crippen molar-refractivity contribution in [2.45, 2.75) is 37.5 Å². The maximum atomic E-state index is 10.7. The molecule has 0 heterocycles. The van der Waals surface area contributed by atoms with Crippen LogP contribution < -0.4 is 5.73 Å². The molecule has 0 spiro atoms. The van der Waals surface area contributed by atoms with Crippen molar-refractivity contribution >= 4 is 11.1 Å². The van der Waals surface area contributed by atoms with Crippen molar-refractivity contribution in [1.29, 1.82) is 0 Å². The van der Waals surface area contributed by atoms with Gasteiger partial charge in [-0.25, -0.2) is 0 Å². The maximum absolute atomic E-state index is 10.7. The lowest BCUT2D eigenvalue weighted by atomic mass is 9.87. The highest BCUT2D eigenvalue weighted by atomic mass is 32.2. The Hall–Kier alpha value is 0.0700. The molecule has 1 rings (SSSR count). The molecule has 4 heteroatoms. The van der Waals surface area contributed by atoms with Gasteiger partial charge in [0.15, 0.2) is 0 Å². The molecular formula is C7H14NO2S-. The van der Waals surface area contributed by atoms with E-state index >= 15 is 0 Å². The van der Waals surface area contributed by atoms with Crippen LogP contribution >= 0.6 is 0 Å². The Balaban J connectivity index is 2.54. The highest BCUT2D eigenvalue weighted by Gasteiger charge is 2.26. The molecule has 4 unspecified atom stereocenters. The molecule has 0 aromatic carbocycles.